The lowest BCUT2D eigenvalue weighted by molar-refractivity contribution is -0.154. The summed E-state index contributed by atoms with van der Waals surface area (Å²) < 4.78 is 33.2. The zero-order valence-electron chi connectivity index (χ0n) is 29.8. The summed E-state index contributed by atoms with van der Waals surface area (Å²) in [5.74, 6) is -0.381. The lowest BCUT2D eigenvalue weighted by atomic mass is 10.0. The van der Waals surface area contributed by atoms with E-state index >= 15 is 0 Å². The molecule has 46 heavy (non-hydrogen) atoms. The van der Waals surface area contributed by atoms with Crippen molar-refractivity contribution in [1.82, 2.24) is 0 Å². The number of aliphatic hydroxyl groups is 2. The number of phosphoric ester groups is 1. The first-order valence-electron chi connectivity index (χ1n) is 19.0. The zero-order valence-corrected chi connectivity index (χ0v) is 30.7. The number of phosphoric acid groups is 1. The van der Waals surface area contributed by atoms with Gasteiger partial charge in [0.15, 0.2) is 0 Å². The molecule has 10 heteroatoms. The molecule has 276 valence electrons. The number of rotatable bonds is 37. The van der Waals surface area contributed by atoms with Crippen LogP contribution in [0.3, 0.4) is 0 Å². The number of hydrogen-bond donors (Lipinski definition) is 3. The predicted molar refractivity (Wildman–Crippen MR) is 187 cm³/mol. The fourth-order valence-electron chi connectivity index (χ4n) is 5.36. The standard InChI is InChI=1S/C36H73O9P/c1-3-5-7-9-11-13-15-16-17-19-21-23-25-27-29-42-32-35(33-44-46(40,41)43-31-34(38)30-37)45-36(39)28-26-24-22-20-18-14-12-10-8-6-4-2/h34-35,37-38H,3-33H2,1-2H3,(H,40,41). The molecule has 9 nitrogen and oxygen atoms in total. The number of ether oxygens (including phenoxy) is 2. The molecule has 0 heterocycles. The molecule has 0 aliphatic carbocycles. The molecule has 3 unspecified atom stereocenters. The Kier molecular flexibility index (Phi) is 33.9. The van der Waals surface area contributed by atoms with Gasteiger partial charge in [-0.15, -0.1) is 0 Å². The fourth-order valence-corrected chi connectivity index (χ4v) is 6.15. The molecule has 0 amide bonds. The number of carbonyl (C=O) groups excluding carboxylic acids is 1. The van der Waals surface area contributed by atoms with Gasteiger partial charge in [0.25, 0.3) is 0 Å². The smallest absolute Gasteiger partial charge is 0.457 e. The van der Waals surface area contributed by atoms with E-state index in [1.165, 1.54) is 128 Å². The van der Waals surface area contributed by atoms with Crippen LogP contribution in [0.5, 0.6) is 0 Å². The van der Waals surface area contributed by atoms with Crippen molar-refractivity contribution in [3.05, 3.63) is 0 Å². The molecular formula is C36H73O9P. The summed E-state index contributed by atoms with van der Waals surface area (Å²) in [6, 6.07) is 0. The Morgan fingerprint density at radius 2 is 0.978 bits per heavy atom. The summed E-state index contributed by atoms with van der Waals surface area (Å²) >= 11 is 0. The predicted octanol–water partition coefficient (Wildman–Crippen LogP) is 9.58. The van der Waals surface area contributed by atoms with Crippen molar-refractivity contribution >= 4 is 13.8 Å². The maximum Gasteiger partial charge on any atom is 0.472 e. The van der Waals surface area contributed by atoms with Crippen LogP contribution in [0.25, 0.3) is 0 Å². The highest BCUT2D eigenvalue weighted by molar-refractivity contribution is 7.47. The van der Waals surface area contributed by atoms with E-state index in [9.17, 15) is 19.4 Å². The van der Waals surface area contributed by atoms with Crippen molar-refractivity contribution in [3.63, 3.8) is 0 Å². The zero-order chi connectivity index (χ0) is 34.0. The van der Waals surface area contributed by atoms with Crippen molar-refractivity contribution in [1.29, 1.82) is 0 Å². The van der Waals surface area contributed by atoms with Crippen LogP contribution >= 0.6 is 7.82 Å². The van der Waals surface area contributed by atoms with E-state index in [1.807, 2.05) is 0 Å². The highest BCUT2D eigenvalue weighted by Crippen LogP contribution is 2.43. The summed E-state index contributed by atoms with van der Waals surface area (Å²) in [7, 11) is -4.50. The van der Waals surface area contributed by atoms with Crippen molar-refractivity contribution in [2.24, 2.45) is 0 Å². The molecular weight excluding hydrogens is 607 g/mol. The van der Waals surface area contributed by atoms with E-state index in [2.05, 4.69) is 13.8 Å². The van der Waals surface area contributed by atoms with Gasteiger partial charge >= 0.3 is 13.8 Å². The molecule has 0 radical (unpaired) electrons. The fraction of sp³-hybridized carbons (Fsp3) is 0.972. The van der Waals surface area contributed by atoms with Gasteiger partial charge in [-0.3, -0.25) is 13.8 Å². The monoisotopic (exact) mass is 680 g/mol. The first-order valence-corrected chi connectivity index (χ1v) is 20.5. The Hall–Kier alpha value is -0.540. The van der Waals surface area contributed by atoms with Crippen molar-refractivity contribution < 1.29 is 43.0 Å². The SMILES string of the molecule is CCCCCCCCCCCCCCCCOCC(COP(=O)(O)OCC(O)CO)OC(=O)CCCCCCCCCCCCC. The maximum atomic E-state index is 12.5. The number of aliphatic hydroxyl groups excluding tert-OH is 2. The molecule has 0 aliphatic heterocycles. The number of esters is 1. The second-order valence-electron chi connectivity index (χ2n) is 13.0. The minimum Gasteiger partial charge on any atom is -0.457 e. The largest absolute Gasteiger partial charge is 0.472 e. The average Bonchev–Trinajstić information content (AvgIpc) is 3.04. The molecule has 0 aromatic carbocycles. The van der Waals surface area contributed by atoms with Crippen LogP contribution in [0, 0.1) is 0 Å². The number of unbranched alkanes of at least 4 members (excludes halogenated alkanes) is 23. The highest BCUT2D eigenvalue weighted by atomic mass is 31.2. The van der Waals surface area contributed by atoms with Gasteiger partial charge in [-0.2, -0.15) is 0 Å². The van der Waals surface area contributed by atoms with E-state index in [1.54, 1.807) is 0 Å². The maximum absolute atomic E-state index is 12.5. The van der Waals surface area contributed by atoms with Crippen molar-refractivity contribution in [2.75, 3.05) is 33.0 Å². The third kappa shape index (κ3) is 33.4. The molecule has 3 N–H and O–H groups in total. The minimum atomic E-state index is -4.50. The quantitative estimate of drug-likeness (QED) is 0.0333. The third-order valence-corrected chi connectivity index (χ3v) is 9.24. The van der Waals surface area contributed by atoms with Gasteiger partial charge in [-0.1, -0.05) is 162 Å². The number of hydrogen-bond acceptors (Lipinski definition) is 8. The van der Waals surface area contributed by atoms with Crippen LogP contribution in [-0.4, -0.2) is 66.3 Å². The summed E-state index contributed by atoms with van der Waals surface area (Å²) in [5.41, 5.74) is 0. The minimum absolute atomic E-state index is 0.0572. The second-order valence-corrected chi connectivity index (χ2v) is 14.4. The van der Waals surface area contributed by atoms with Crippen LogP contribution in [0.15, 0.2) is 0 Å². The van der Waals surface area contributed by atoms with Gasteiger partial charge in [0.05, 0.1) is 26.4 Å². The van der Waals surface area contributed by atoms with Gasteiger partial charge in [0.1, 0.15) is 12.2 Å². The topological polar surface area (TPSA) is 132 Å². The lowest BCUT2D eigenvalue weighted by Crippen LogP contribution is -2.29. The third-order valence-electron chi connectivity index (χ3n) is 8.29. The molecule has 0 saturated carbocycles. The summed E-state index contributed by atoms with van der Waals surface area (Å²) in [4.78, 5) is 22.4. The van der Waals surface area contributed by atoms with Crippen LogP contribution in [-0.2, 0) is 27.9 Å². The Bertz CT molecular complexity index is 694. The summed E-state index contributed by atoms with van der Waals surface area (Å²) in [5, 5.41) is 18.3. The Morgan fingerprint density at radius 1 is 0.587 bits per heavy atom. The first-order chi connectivity index (χ1) is 22.3. The van der Waals surface area contributed by atoms with Gasteiger partial charge in [0, 0.05) is 13.0 Å². The van der Waals surface area contributed by atoms with E-state index in [4.69, 9.17) is 23.6 Å². The summed E-state index contributed by atoms with van der Waals surface area (Å²) in [6.07, 6.45) is 29.1. The first kappa shape index (κ1) is 45.5. The van der Waals surface area contributed by atoms with Gasteiger partial charge in [-0.05, 0) is 12.8 Å². The van der Waals surface area contributed by atoms with E-state index < -0.39 is 33.2 Å². The Morgan fingerprint density at radius 3 is 1.41 bits per heavy atom. The van der Waals surface area contributed by atoms with E-state index in [0.29, 0.717) is 6.61 Å². The van der Waals surface area contributed by atoms with Crippen molar-refractivity contribution in [2.45, 2.75) is 193 Å². The van der Waals surface area contributed by atoms with Crippen LogP contribution in [0.1, 0.15) is 181 Å². The highest BCUT2D eigenvalue weighted by Gasteiger charge is 2.26. The Labute approximate surface area is 282 Å². The summed E-state index contributed by atoms with van der Waals surface area (Å²) in [6.45, 7) is 3.54. The molecule has 0 rings (SSSR count). The molecule has 0 spiro atoms. The van der Waals surface area contributed by atoms with Gasteiger partial charge in [0.2, 0.25) is 0 Å². The molecule has 0 bridgehead atoms. The molecule has 0 aromatic heterocycles. The Balaban J connectivity index is 4.19. The normalized spacial score (nSPS) is 14.3. The second kappa shape index (κ2) is 34.3. The molecule has 0 aliphatic rings. The van der Waals surface area contributed by atoms with E-state index in [0.717, 1.165) is 32.1 Å². The van der Waals surface area contributed by atoms with Crippen LogP contribution in [0.4, 0.5) is 0 Å². The molecule has 0 saturated heterocycles. The van der Waals surface area contributed by atoms with Gasteiger partial charge in [-0.25, -0.2) is 4.57 Å². The molecule has 0 aromatic rings. The van der Waals surface area contributed by atoms with Crippen LogP contribution in [0.2, 0.25) is 0 Å². The van der Waals surface area contributed by atoms with Crippen LogP contribution < -0.4 is 0 Å². The molecule has 0 fully saturated rings. The van der Waals surface area contributed by atoms with Gasteiger partial charge < -0.3 is 24.6 Å². The van der Waals surface area contributed by atoms with E-state index in [-0.39, 0.29) is 25.6 Å². The average molecular weight is 681 g/mol. The molecule has 3 atom stereocenters. The lowest BCUT2D eigenvalue weighted by Gasteiger charge is -2.20. The number of carbonyl (C=O) groups is 1. The van der Waals surface area contributed by atoms with Crippen molar-refractivity contribution in [3.8, 4) is 0 Å².